The highest BCUT2D eigenvalue weighted by Gasteiger charge is 2.42. The Balaban J connectivity index is 0.00000341. The number of alkyl halides is 2. The van der Waals surface area contributed by atoms with E-state index in [9.17, 15) is 30.7 Å². The van der Waals surface area contributed by atoms with Crippen molar-refractivity contribution in [2.75, 3.05) is 0 Å². The smallest absolute Gasteiger partial charge is 0.429 e. The summed E-state index contributed by atoms with van der Waals surface area (Å²) in [6, 6.07) is 2.05. The summed E-state index contributed by atoms with van der Waals surface area (Å²) in [5.41, 5.74) is -1.38. The molecule has 3 rings (SSSR count). The molecule has 0 aliphatic heterocycles. The molecule has 0 saturated heterocycles. The molecule has 0 heterocycles. The highest BCUT2D eigenvalue weighted by Crippen LogP contribution is 2.41. The van der Waals surface area contributed by atoms with Crippen molar-refractivity contribution in [2.24, 2.45) is 5.92 Å². The van der Waals surface area contributed by atoms with Gasteiger partial charge in [0.2, 0.25) is 0 Å². The minimum atomic E-state index is -4.57. The van der Waals surface area contributed by atoms with E-state index in [4.69, 9.17) is 0 Å². The third kappa shape index (κ3) is 5.52. The second-order valence-electron chi connectivity index (χ2n) is 7.69. The van der Waals surface area contributed by atoms with Crippen LogP contribution in [0.15, 0.2) is 24.3 Å². The average Bonchev–Trinajstić information content (AvgIpc) is 2.65. The molecule has 1 aliphatic carbocycles. The lowest BCUT2D eigenvalue weighted by atomic mass is 9.77. The van der Waals surface area contributed by atoms with Crippen LogP contribution in [0, 0.1) is 35.0 Å². The van der Waals surface area contributed by atoms with Crippen LogP contribution in [0.3, 0.4) is 0 Å². The molecule has 1 nitrogen and oxygen atoms in total. The van der Waals surface area contributed by atoms with Gasteiger partial charge in [0, 0.05) is 12.1 Å². The normalized spacial score (nSPS) is 19.1. The Morgan fingerprint density at radius 3 is 1.84 bits per heavy atom. The number of hydrogen-bond acceptors (Lipinski definition) is 1. The lowest BCUT2D eigenvalue weighted by Crippen LogP contribution is -2.26. The van der Waals surface area contributed by atoms with E-state index in [2.05, 4.69) is 11.7 Å². The Morgan fingerprint density at radius 2 is 1.35 bits per heavy atom. The van der Waals surface area contributed by atoms with Gasteiger partial charge < -0.3 is 4.74 Å². The van der Waals surface area contributed by atoms with Crippen molar-refractivity contribution in [3.8, 4) is 5.75 Å². The van der Waals surface area contributed by atoms with E-state index in [1.807, 2.05) is 0 Å². The quantitative estimate of drug-likeness (QED) is 0.318. The van der Waals surface area contributed by atoms with E-state index >= 15 is 0 Å². The van der Waals surface area contributed by atoms with Gasteiger partial charge in [-0.2, -0.15) is 8.78 Å². The van der Waals surface area contributed by atoms with Gasteiger partial charge in [0.1, 0.15) is 22.9 Å². The second-order valence-corrected chi connectivity index (χ2v) is 7.69. The van der Waals surface area contributed by atoms with Crippen molar-refractivity contribution >= 4 is 0 Å². The van der Waals surface area contributed by atoms with Gasteiger partial charge in [-0.05, 0) is 55.2 Å². The van der Waals surface area contributed by atoms with Gasteiger partial charge in [0.15, 0.2) is 17.5 Å². The minimum absolute atomic E-state index is 0. The van der Waals surface area contributed by atoms with Gasteiger partial charge in [0.05, 0.1) is 0 Å². The maximum Gasteiger partial charge on any atom is 0.432 e. The zero-order chi connectivity index (χ0) is 22.1. The molecular formula is C23H25F7O. The van der Waals surface area contributed by atoms with Crippen molar-refractivity contribution in [2.45, 2.75) is 64.9 Å². The van der Waals surface area contributed by atoms with Gasteiger partial charge in [-0.1, -0.05) is 27.2 Å². The Hall–Kier alpha value is -2.25. The molecular weight excluding hydrogens is 425 g/mol. The average molecular weight is 450 g/mol. The van der Waals surface area contributed by atoms with E-state index in [0.717, 1.165) is 37.8 Å². The molecule has 8 heteroatoms. The van der Waals surface area contributed by atoms with Crippen molar-refractivity contribution in [1.82, 2.24) is 0 Å². The second kappa shape index (κ2) is 9.92. The van der Waals surface area contributed by atoms with Crippen LogP contribution in [0.25, 0.3) is 0 Å². The molecule has 0 bridgehead atoms. The molecule has 0 unspecified atom stereocenters. The summed E-state index contributed by atoms with van der Waals surface area (Å²) < 4.78 is 101. The molecule has 0 atom stereocenters. The van der Waals surface area contributed by atoms with Crippen LogP contribution in [0.5, 0.6) is 5.75 Å². The van der Waals surface area contributed by atoms with Crippen LogP contribution in [0.2, 0.25) is 0 Å². The van der Waals surface area contributed by atoms with Gasteiger partial charge in [0.25, 0.3) is 0 Å². The molecule has 0 aromatic heterocycles. The van der Waals surface area contributed by atoms with Crippen LogP contribution in [-0.2, 0) is 6.11 Å². The number of halogens is 7. The predicted molar refractivity (Wildman–Crippen MR) is 104 cm³/mol. The van der Waals surface area contributed by atoms with E-state index in [1.54, 1.807) is 0 Å². The summed E-state index contributed by atoms with van der Waals surface area (Å²) in [7, 11) is 0. The first-order valence-electron chi connectivity index (χ1n) is 9.83. The Bertz CT molecular complexity index is 859. The van der Waals surface area contributed by atoms with Crippen LogP contribution in [0.1, 0.15) is 69.9 Å². The third-order valence-corrected chi connectivity index (χ3v) is 5.57. The maximum atomic E-state index is 14.5. The van der Waals surface area contributed by atoms with Crippen LogP contribution >= 0.6 is 0 Å². The SMILES string of the molecule is C.CCCC1CCC(c2cc(F)c(C(F)(F)Oc3cc(F)c(F)c(F)c3)c(F)c2)CC1. The van der Waals surface area contributed by atoms with Crippen molar-refractivity contribution in [3.63, 3.8) is 0 Å². The molecule has 0 N–H and O–H groups in total. The summed E-state index contributed by atoms with van der Waals surface area (Å²) in [5.74, 6) is -9.12. The molecule has 2 aromatic rings. The van der Waals surface area contributed by atoms with Crippen molar-refractivity contribution < 1.29 is 35.5 Å². The van der Waals surface area contributed by atoms with E-state index in [1.165, 1.54) is 0 Å². The Labute approximate surface area is 177 Å². The van der Waals surface area contributed by atoms with Gasteiger partial charge >= 0.3 is 6.11 Å². The summed E-state index contributed by atoms with van der Waals surface area (Å²) in [6.07, 6.45) is 0.817. The van der Waals surface area contributed by atoms with E-state index in [0.29, 0.717) is 24.3 Å². The van der Waals surface area contributed by atoms with E-state index in [-0.39, 0.29) is 25.5 Å². The van der Waals surface area contributed by atoms with Crippen LogP contribution in [-0.4, -0.2) is 0 Å². The van der Waals surface area contributed by atoms with Crippen molar-refractivity contribution in [1.29, 1.82) is 0 Å². The molecule has 1 saturated carbocycles. The maximum absolute atomic E-state index is 14.5. The lowest BCUT2D eigenvalue weighted by molar-refractivity contribution is -0.189. The lowest BCUT2D eigenvalue weighted by Gasteiger charge is -2.29. The molecule has 1 aliphatic rings. The summed E-state index contributed by atoms with van der Waals surface area (Å²) >= 11 is 0. The number of hydrogen-bond donors (Lipinski definition) is 0. The standard InChI is InChI=1S/C22H21F7O.CH4/c1-2-3-12-4-6-13(7-5-12)14-8-16(23)20(17(24)9-14)22(28,29)30-15-10-18(25)21(27)19(26)11-15;/h8-13H,2-7H2,1H3;1H4. The zero-order valence-electron chi connectivity index (χ0n) is 16.3. The first kappa shape index (κ1) is 25.0. The van der Waals surface area contributed by atoms with Gasteiger partial charge in [-0.25, -0.2) is 22.0 Å². The van der Waals surface area contributed by atoms with Gasteiger partial charge in [-0.3, -0.25) is 0 Å². The van der Waals surface area contributed by atoms with E-state index < -0.39 is 46.5 Å². The first-order chi connectivity index (χ1) is 14.1. The summed E-state index contributed by atoms with van der Waals surface area (Å²) in [4.78, 5) is 0. The molecule has 1 fully saturated rings. The third-order valence-electron chi connectivity index (χ3n) is 5.57. The molecule has 0 amide bonds. The topological polar surface area (TPSA) is 9.23 Å². The largest absolute Gasteiger partial charge is 0.432 e. The molecule has 0 spiro atoms. The predicted octanol–water partition coefficient (Wildman–Crippen LogP) is 8.22. The summed E-state index contributed by atoms with van der Waals surface area (Å²) in [5, 5.41) is 0. The highest BCUT2D eigenvalue weighted by atomic mass is 19.3. The summed E-state index contributed by atoms with van der Waals surface area (Å²) in [6.45, 7) is 2.09. The van der Waals surface area contributed by atoms with Crippen molar-refractivity contribution in [3.05, 3.63) is 64.5 Å². The molecule has 0 radical (unpaired) electrons. The number of rotatable bonds is 6. The fourth-order valence-electron chi connectivity index (χ4n) is 4.09. The number of ether oxygens (including phenoxy) is 1. The zero-order valence-corrected chi connectivity index (χ0v) is 16.3. The highest BCUT2D eigenvalue weighted by molar-refractivity contribution is 5.33. The van der Waals surface area contributed by atoms with Crippen LogP contribution < -0.4 is 4.74 Å². The molecule has 172 valence electrons. The van der Waals surface area contributed by atoms with Crippen LogP contribution in [0.4, 0.5) is 30.7 Å². The Kier molecular flexibility index (Phi) is 8.00. The Morgan fingerprint density at radius 1 is 0.839 bits per heavy atom. The monoisotopic (exact) mass is 450 g/mol. The fraction of sp³-hybridized carbons (Fsp3) is 0.478. The number of benzene rings is 2. The fourth-order valence-corrected chi connectivity index (χ4v) is 4.09. The minimum Gasteiger partial charge on any atom is -0.429 e. The molecule has 2 aromatic carbocycles. The van der Waals surface area contributed by atoms with Gasteiger partial charge in [-0.15, -0.1) is 0 Å². The first-order valence-corrected chi connectivity index (χ1v) is 9.83. The molecule has 31 heavy (non-hydrogen) atoms.